The second-order valence-corrected chi connectivity index (χ2v) is 7.94. The summed E-state index contributed by atoms with van der Waals surface area (Å²) in [6.45, 7) is 3.42. The van der Waals surface area contributed by atoms with Crippen molar-refractivity contribution in [3.8, 4) is 5.75 Å². The summed E-state index contributed by atoms with van der Waals surface area (Å²) in [7, 11) is -3.52. The third-order valence-electron chi connectivity index (χ3n) is 4.27. The Morgan fingerprint density at radius 3 is 2.65 bits per heavy atom. The molecule has 0 radical (unpaired) electrons. The number of rotatable bonds is 6. The minimum Gasteiger partial charge on any atom is -0.491 e. The van der Waals surface area contributed by atoms with Crippen molar-refractivity contribution in [1.29, 1.82) is 0 Å². The van der Waals surface area contributed by atoms with Gasteiger partial charge in [-0.15, -0.1) is 0 Å². The van der Waals surface area contributed by atoms with E-state index in [1.807, 2.05) is 37.3 Å². The Balaban J connectivity index is 1.75. The van der Waals surface area contributed by atoms with E-state index in [0.29, 0.717) is 43.1 Å². The summed E-state index contributed by atoms with van der Waals surface area (Å²) in [5.41, 5.74) is 1.71. The van der Waals surface area contributed by atoms with E-state index in [9.17, 15) is 13.2 Å². The first-order valence-corrected chi connectivity index (χ1v) is 10.2. The molecule has 1 aliphatic rings. The molecule has 0 aliphatic carbocycles. The van der Waals surface area contributed by atoms with Gasteiger partial charge in [-0.3, -0.25) is 9.52 Å². The molecule has 3 rings (SSSR count). The number of hydrogen-bond donors (Lipinski definition) is 1. The van der Waals surface area contributed by atoms with Crippen molar-refractivity contribution >= 4 is 21.6 Å². The molecule has 7 heteroatoms. The molecular weight excluding hydrogens is 352 g/mol. The van der Waals surface area contributed by atoms with Crippen LogP contribution in [0.4, 0.5) is 5.69 Å². The number of benzene rings is 2. The lowest BCUT2D eigenvalue weighted by atomic mass is 10.1. The highest BCUT2D eigenvalue weighted by Gasteiger charge is 2.23. The number of carbonyl (C=O) groups is 1. The number of fused-ring (bicyclic) bond motifs is 1. The Morgan fingerprint density at radius 2 is 1.92 bits per heavy atom. The maximum absolute atomic E-state index is 12.6. The van der Waals surface area contributed by atoms with Gasteiger partial charge in [-0.05, 0) is 37.1 Å². The van der Waals surface area contributed by atoms with Crippen LogP contribution in [0.25, 0.3) is 0 Å². The molecule has 0 saturated carbocycles. The lowest BCUT2D eigenvalue weighted by molar-refractivity contribution is 0.0765. The lowest BCUT2D eigenvalue weighted by Gasteiger charge is -2.17. The van der Waals surface area contributed by atoms with Crippen molar-refractivity contribution in [2.24, 2.45) is 0 Å². The number of carbonyl (C=O) groups excluding carboxylic acids is 1. The van der Waals surface area contributed by atoms with Gasteiger partial charge in [0.2, 0.25) is 10.0 Å². The standard InChI is InChI=1S/C19H22N2O4S/c1-2-21-11-12-25-18-9-8-16(14-17(18)19(21)22)20-26(23,24)13-10-15-6-4-3-5-7-15/h3-9,14,20H,2,10-13H2,1H3. The van der Waals surface area contributed by atoms with Crippen LogP contribution in [-0.2, 0) is 16.4 Å². The number of likely N-dealkylation sites (N-methyl/N-ethyl adjacent to an activating group) is 1. The highest BCUT2D eigenvalue weighted by atomic mass is 32.2. The van der Waals surface area contributed by atoms with E-state index in [1.165, 1.54) is 0 Å². The topological polar surface area (TPSA) is 75.7 Å². The third-order valence-corrected chi connectivity index (χ3v) is 5.56. The third kappa shape index (κ3) is 4.35. The number of amides is 1. The monoisotopic (exact) mass is 374 g/mol. The van der Waals surface area contributed by atoms with E-state index in [4.69, 9.17) is 4.74 Å². The minimum absolute atomic E-state index is 0.0281. The largest absolute Gasteiger partial charge is 0.491 e. The Bertz CT molecular complexity index is 882. The first kappa shape index (κ1) is 18.3. The Kier molecular flexibility index (Phi) is 5.46. The van der Waals surface area contributed by atoms with E-state index >= 15 is 0 Å². The van der Waals surface area contributed by atoms with Gasteiger partial charge in [0.1, 0.15) is 12.4 Å². The number of hydrogen-bond acceptors (Lipinski definition) is 4. The van der Waals surface area contributed by atoms with Crippen molar-refractivity contribution in [1.82, 2.24) is 4.90 Å². The van der Waals surface area contributed by atoms with Gasteiger partial charge >= 0.3 is 0 Å². The zero-order valence-corrected chi connectivity index (χ0v) is 15.5. The molecule has 0 atom stereocenters. The predicted molar refractivity (Wildman–Crippen MR) is 101 cm³/mol. The summed E-state index contributed by atoms with van der Waals surface area (Å²) in [5, 5.41) is 0. The molecule has 26 heavy (non-hydrogen) atoms. The van der Waals surface area contributed by atoms with E-state index < -0.39 is 10.0 Å². The maximum atomic E-state index is 12.6. The summed E-state index contributed by atoms with van der Waals surface area (Å²) < 4.78 is 32.9. The molecule has 0 unspecified atom stereocenters. The summed E-state index contributed by atoms with van der Waals surface area (Å²) in [6, 6.07) is 14.3. The van der Waals surface area contributed by atoms with Gasteiger partial charge in [0.25, 0.3) is 5.91 Å². The van der Waals surface area contributed by atoms with Crippen LogP contribution in [0.2, 0.25) is 0 Å². The number of aryl methyl sites for hydroxylation is 1. The summed E-state index contributed by atoms with van der Waals surface area (Å²) in [5.74, 6) is 0.308. The van der Waals surface area contributed by atoms with Crippen LogP contribution < -0.4 is 9.46 Å². The second kappa shape index (κ2) is 7.78. The Labute approximate surface area is 153 Å². The summed E-state index contributed by atoms with van der Waals surface area (Å²) >= 11 is 0. The Hall–Kier alpha value is -2.54. The van der Waals surface area contributed by atoms with Gasteiger partial charge in [0.15, 0.2) is 0 Å². The number of nitrogens with one attached hydrogen (secondary N) is 1. The van der Waals surface area contributed by atoms with E-state index in [0.717, 1.165) is 5.56 Å². The molecule has 2 aromatic rings. The average molecular weight is 374 g/mol. The van der Waals surface area contributed by atoms with Crippen LogP contribution in [0.5, 0.6) is 5.75 Å². The van der Waals surface area contributed by atoms with E-state index in [1.54, 1.807) is 23.1 Å². The van der Waals surface area contributed by atoms with Crippen LogP contribution in [-0.4, -0.2) is 44.7 Å². The van der Waals surface area contributed by atoms with E-state index in [2.05, 4.69) is 4.72 Å². The molecule has 0 aromatic heterocycles. The average Bonchev–Trinajstić information content (AvgIpc) is 2.79. The zero-order chi connectivity index (χ0) is 18.6. The van der Waals surface area contributed by atoms with Gasteiger partial charge in [-0.1, -0.05) is 30.3 Å². The normalized spacial score (nSPS) is 14.3. The fraction of sp³-hybridized carbons (Fsp3) is 0.316. The molecular formula is C19H22N2O4S. The van der Waals surface area contributed by atoms with Crippen molar-refractivity contribution in [2.45, 2.75) is 13.3 Å². The van der Waals surface area contributed by atoms with Gasteiger partial charge < -0.3 is 9.64 Å². The molecule has 1 N–H and O–H groups in total. The van der Waals surface area contributed by atoms with Gasteiger partial charge in [-0.2, -0.15) is 0 Å². The van der Waals surface area contributed by atoms with Crippen molar-refractivity contribution in [2.75, 3.05) is 30.2 Å². The maximum Gasteiger partial charge on any atom is 0.257 e. The second-order valence-electron chi connectivity index (χ2n) is 6.10. The fourth-order valence-corrected chi connectivity index (χ4v) is 3.95. The smallest absolute Gasteiger partial charge is 0.257 e. The molecule has 6 nitrogen and oxygen atoms in total. The van der Waals surface area contributed by atoms with Gasteiger partial charge in [0, 0.05) is 12.2 Å². The first-order valence-electron chi connectivity index (χ1n) is 8.59. The number of ether oxygens (including phenoxy) is 1. The zero-order valence-electron chi connectivity index (χ0n) is 14.6. The summed E-state index contributed by atoms with van der Waals surface area (Å²) in [6.07, 6.45) is 0.423. The van der Waals surface area contributed by atoms with Crippen molar-refractivity contribution < 1.29 is 17.9 Å². The van der Waals surface area contributed by atoms with Crippen molar-refractivity contribution in [3.63, 3.8) is 0 Å². The van der Waals surface area contributed by atoms with Gasteiger partial charge in [-0.25, -0.2) is 8.42 Å². The molecule has 2 aromatic carbocycles. The molecule has 1 amide bonds. The molecule has 0 bridgehead atoms. The highest BCUT2D eigenvalue weighted by molar-refractivity contribution is 7.92. The SMILES string of the molecule is CCN1CCOc2ccc(NS(=O)(=O)CCc3ccccc3)cc2C1=O. The molecule has 1 aliphatic heterocycles. The van der Waals surface area contributed by atoms with Crippen LogP contribution in [0, 0.1) is 0 Å². The first-order chi connectivity index (χ1) is 12.5. The van der Waals surface area contributed by atoms with Crippen LogP contribution in [0.15, 0.2) is 48.5 Å². The lowest BCUT2D eigenvalue weighted by Crippen LogP contribution is -2.32. The molecule has 0 saturated heterocycles. The molecule has 1 heterocycles. The number of sulfonamides is 1. The highest BCUT2D eigenvalue weighted by Crippen LogP contribution is 2.27. The summed E-state index contributed by atoms with van der Waals surface area (Å²) in [4.78, 5) is 14.2. The predicted octanol–water partition coefficient (Wildman–Crippen LogP) is 2.53. The fourth-order valence-electron chi connectivity index (χ4n) is 2.85. The van der Waals surface area contributed by atoms with Gasteiger partial charge in [0.05, 0.1) is 17.9 Å². The van der Waals surface area contributed by atoms with Crippen LogP contribution in [0.1, 0.15) is 22.8 Å². The minimum atomic E-state index is -3.52. The van der Waals surface area contributed by atoms with E-state index in [-0.39, 0.29) is 11.7 Å². The van der Waals surface area contributed by atoms with Crippen molar-refractivity contribution in [3.05, 3.63) is 59.7 Å². The van der Waals surface area contributed by atoms with Crippen LogP contribution in [0.3, 0.4) is 0 Å². The molecule has 0 fully saturated rings. The molecule has 138 valence electrons. The quantitative estimate of drug-likeness (QED) is 0.843. The number of nitrogens with zero attached hydrogens (tertiary/aromatic N) is 1. The molecule has 0 spiro atoms. The number of anilines is 1. The Morgan fingerprint density at radius 1 is 1.15 bits per heavy atom. The van der Waals surface area contributed by atoms with Crippen LogP contribution >= 0.6 is 0 Å².